The van der Waals surface area contributed by atoms with E-state index in [0.717, 1.165) is 37.4 Å². The Bertz CT molecular complexity index is 691. The van der Waals surface area contributed by atoms with Gasteiger partial charge in [-0.25, -0.2) is 0 Å². The Labute approximate surface area is 174 Å². The molecule has 1 aliphatic rings. The molecule has 0 bridgehead atoms. The third-order valence-electron chi connectivity index (χ3n) is 4.79. The maximum Gasteiger partial charge on any atom is 0.224 e. The topological polar surface area (TPSA) is 44.4 Å². The zero-order valence-corrected chi connectivity index (χ0v) is 17.3. The van der Waals surface area contributed by atoms with E-state index in [1.54, 1.807) is 0 Å². The standard InChI is InChI=1S/C21H27N3O.2ClH/c1-24(16-18-7-3-2-4-8-18)20-10-6-5-9-19(20)23-21(25)12-11-17-13-14-22-15-17;;/h2-10,17,22H,11-16H2,1H3,(H,23,25);2*1H. The highest BCUT2D eigenvalue weighted by Crippen LogP contribution is 2.26. The largest absolute Gasteiger partial charge is 0.369 e. The molecule has 0 aromatic heterocycles. The molecule has 1 saturated heterocycles. The van der Waals surface area contributed by atoms with Gasteiger partial charge in [-0.1, -0.05) is 42.5 Å². The average molecular weight is 410 g/mol. The molecule has 0 radical (unpaired) electrons. The second kappa shape index (κ2) is 11.9. The van der Waals surface area contributed by atoms with E-state index in [0.29, 0.717) is 12.3 Å². The van der Waals surface area contributed by atoms with Crippen LogP contribution in [0.3, 0.4) is 0 Å². The fraction of sp³-hybridized carbons (Fsp3) is 0.381. The van der Waals surface area contributed by atoms with Crippen LogP contribution in [-0.4, -0.2) is 26.0 Å². The average Bonchev–Trinajstić information content (AvgIpc) is 3.15. The summed E-state index contributed by atoms with van der Waals surface area (Å²) in [5, 5.41) is 6.45. The number of anilines is 2. The summed E-state index contributed by atoms with van der Waals surface area (Å²) >= 11 is 0. The van der Waals surface area contributed by atoms with Crippen LogP contribution in [0.1, 0.15) is 24.8 Å². The van der Waals surface area contributed by atoms with Crippen LogP contribution < -0.4 is 15.5 Å². The van der Waals surface area contributed by atoms with E-state index in [1.165, 1.54) is 12.0 Å². The number of nitrogens with zero attached hydrogens (tertiary/aromatic N) is 1. The van der Waals surface area contributed by atoms with Gasteiger partial charge < -0.3 is 15.5 Å². The third-order valence-corrected chi connectivity index (χ3v) is 4.79. The quantitative estimate of drug-likeness (QED) is 0.707. The number of carbonyl (C=O) groups excluding carboxylic acids is 1. The molecule has 2 N–H and O–H groups in total. The Hall–Kier alpha value is -1.75. The highest BCUT2D eigenvalue weighted by atomic mass is 35.5. The van der Waals surface area contributed by atoms with Crippen LogP contribution >= 0.6 is 24.8 Å². The number of hydrogen-bond acceptors (Lipinski definition) is 3. The van der Waals surface area contributed by atoms with Crippen molar-refractivity contribution in [3.05, 3.63) is 60.2 Å². The predicted octanol–water partition coefficient (Wildman–Crippen LogP) is 4.49. The van der Waals surface area contributed by atoms with Crippen LogP contribution in [0.5, 0.6) is 0 Å². The first-order chi connectivity index (χ1) is 12.2. The van der Waals surface area contributed by atoms with Gasteiger partial charge in [0.15, 0.2) is 0 Å². The van der Waals surface area contributed by atoms with Crippen molar-refractivity contribution in [3.8, 4) is 0 Å². The molecule has 2 aromatic rings. The molecular weight excluding hydrogens is 381 g/mol. The zero-order valence-electron chi connectivity index (χ0n) is 15.7. The molecule has 27 heavy (non-hydrogen) atoms. The van der Waals surface area contributed by atoms with E-state index >= 15 is 0 Å². The van der Waals surface area contributed by atoms with E-state index in [4.69, 9.17) is 0 Å². The summed E-state index contributed by atoms with van der Waals surface area (Å²) in [4.78, 5) is 14.5. The lowest BCUT2D eigenvalue weighted by Crippen LogP contribution is -2.20. The summed E-state index contributed by atoms with van der Waals surface area (Å²) in [5.41, 5.74) is 3.18. The number of amides is 1. The number of para-hydroxylation sites is 2. The molecule has 3 rings (SSSR count). The van der Waals surface area contributed by atoms with Crippen molar-refractivity contribution in [1.29, 1.82) is 0 Å². The number of hydrogen-bond donors (Lipinski definition) is 2. The number of halogens is 2. The van der Waals surface area contributed by atoms with E-state index in [9.17, 15) is 4.79 Å². The van der Waals surface area contributed by atoms with Crippen LogP contribution in [0.4, 0.5) is 11.4 Å². The fourth-order valence-electron chi connectivity index (χ4n) is 3.36. The van der Waals surface area contributed by atoms with Crippen LogP contribution in [0.15, 0.2) is 54.6 Å². The van der Waals surface area contributed by atoms with E-state index < -0.39 is 0 Å². The molecule has 1 amide bonds. The van der Waals surface area contributed by atoms with Crippen molar-refractivity contribution in [2.45, 2.75) is 25.8 Å². The molecule has 1 heterocycles. The lowest BCUT2D eigenvalue weighted by atomic mass is 10.0. The van der Waals surface area contributed by atoms with Gasteiger partial charge in [0.05, 0.1) is 11.4 Å². The minimum Gasteiger partial charge on any atom is -0.369 e. The summed E-state index contributed by atoms with van der Waals surface area (Å²) in [6, 6.07) is 18.4. The zero-order chi connectivity index (χ0) is 17.5. The minimum atomic E-state index is 0. The molecule has 4 nitrogen and oxygen atoms in total. The Morgan fingerprint density at radius 1 is 1.11 bits per heavy atom. The second-order valence-electron chi connectivity index (χ2n) is 6.80. The van der Waals surface area contributed by atoms with Gasteiger partial charge in [0.2, 0.25) is 5.91 Å². The molecule has 148 valence electrons. The summed E-state index contributed by atoms with van der Waals surface area (Å²) < 4.78 is 0. The van der Waals surface area contributed by atoms with E-state index in [-0.39, 0.29) is 30.7 Å². The number of benzene rings is 2. The molecule has 1 unspecified atom stereocenters. The van der Waals surface area contributed by atoms with Gasteiger partial charge in [-0.05, 0) is 49.5 Å². The maximum absolute atomic E-state index is 12.4. The molecule has 6 heteroatoms. The van der Waals surface area contributed by atoms with Crippen molar-refractivity contribution in [1.82, 2.24) is 5.32 Å². The summed E-state index contributed by atoms with van der Waals surface area (Å²) in [7, 11) is 2.06. The van der Waals surface area contributed by atoms with Crippen molar-refractivity contribution < 1.29 is 4.79 Å². The van der Waals surface area contributed by atoms with Crippen molar-refractivity contribution in [2.75, 3.05) is 30.4 Å². The van der Waals surface area contributed by atoms with E-state index in [2.05, 4.69) is 52.9 Å². The summed E-state index contributed by atoms with van der Waals surface area (Å²) in [6.07, 6.45) is 2.73. The molecular formula is C21H29Cl2N3O. The Morgan fingerprint density at radius 2 is 1.81 bits per heavy atom. The van der Waals surface area contributed by atoms with Crippen LogP contribution in [0.25, 0.3) is 0 Å². The van der Waals surface area contributed by atoms with Crippen LogP contribution in [0.2, 0.25) is 0 Å². The smallest absolute Gasteiger partial charge is 0.224 e. The predicted molar refractivity (Wildman–Crippen MR) is 118 cm³/mol. The highest BCUT2D eigenvalue weighted by Gasteiger charge is 2.16. The summed E-state index contributed by atoms with van der Waals surface area (Å²) in [6.45, 7) is 2.94. The van der Waals surface area contributed by atoms with Crippen molar-refractivity contribution in [2.24, 2.45) is 5.92 Å². The van der Waals surface area contributed by atoms with Gasteiger partial charge in [0.25, 0.3) is 0 Å². The number of nitrogens with one attached hydrogen (secondary N) is 2. The normalized spacial score (nSPS) is 15.4. The van der Waals surface area contributed by atoms with Gasteiger partial charge in [-0.2, -0.15) is 0 Å². The first kappa shape index (κ1) is 23.3. The van der Waals surface area contributed by atoms with Gasteiger partial charge >= 0.3 is 0 Å². The Kier molecular flexibility index (Phi) is 10.2. The Morgan fingerprint density at radius 3 is 2.52 bits per heavy atom. The first-order valence-electron chi connectivity index (χ1n) is 9.07. The maximum atomic E-state index is 12.4. The third kappa shape index (κ3) is 7.06. The molecule has 0 aliphatic carbocycles. The lowest BCUT2D eigenvalue weighted by molar-refractivity contribution is -0.116. The SMILES string of the molecule is CN(Cc1ccccc1)c1ccccc1NC(=O)CCC1CCNC1.Cl.Cl. The minimum absolute atomic E-state index is 0. The van der Waals surface area contributed by atoms with Gasteiger partial charge in [0.1, 0.15) is 0 Å². The lowest BCUT2D eigenvalue weighted by Gasteiger charge is -2.23. The van der Waals surface area contributed by atoms with Gasteiger partial charge in [0, 0.05) is 20.0 Å². The number of carbonyl (C=O) groups is 1. The van der Waals surface area contributed by atoms with Crippen LogP contribution in [-0.2, 0) is 11.3 Å². The molecule has 0 spiro atoms. The number of rotatable bonds is 7. The second-order valence-corrected chi connectivity index (χ2v) is 6.80. The highest BCUT2D eigenvalue weighted by molar-refractivity contribution is 5.94. The molecule has 1 aliphatic heterocycles. The summed E-state index contributed by atoms with van der Waals surface area (Å²) in [5.74, 6) is 0.745. The van der Waals surface area contributed by atoms with Crippen molar-refractivity contribution in [3.63, 3.8) is 0 Å². The van der Waals surface area contributed by atoms with Gasteiger partial charge in [-0.15, -0.1) is 24.8 Å². The Balaban J connectivity index is 0.00000182. The molecule has 0 saturated carbocycles. The monoisotopic (exact) mass is 409 g/mol. The van der Waals surface area contributed by atoms with Gasteiger partial charge in [-0.3, -0.25) is 4.79 Å². The van der Waals surface area contributed by atoms with Crippen LogP contribution in [0, 0.1) is 5.92 Å². The first-order valence-corrected chi connectivity index (χ1v) is 9.07. The molecule has 1 atom stereocenters. The molecule has 2 aromatic carbocycles. The van der Waals surface area contributed by atoms with Crippen molar-refractivity contribution >= 4 is 42.1 Å². The molecule has 1 fully saturated rings. The van der Waals surface area contributed by atoms with E-state index in [1.807, 2.05) is 24.3 Å². The fourth-order valence-corrected chi connectivity index (χ4v) is 3.36.